The molecule has 194 valence electrons. The van der Waals surface area contributed by atoms with Crippen LogP contribution in [0.5, 0.6) is 11.5 Å². The number of hydrogen-bond donors (Lipinski definition) is 0. The molecule has 2 nitrogen and oxygen atoms in total. The highest BCUT2D eigenvalue weighted by molar-refractivity contribution is 5.43. The Bertz CT molecular complexity index is 653. The highest BCUT2D eigenvalue weighted by atomic mass is 16.5. The lowest BCUT2D eigenvalue weighted by Gasteiger charge is -2.31. The maximum Gasteiger partial charge on any atom is 0.123 e. The molecule has 0 saturated heterocycles. The SMILES string of the molecule is CCCCCCCC1CCC(COc2ccc(OCCC)cc2C2CCC(CCC)CC2)CC1. The second-order valence-electron chi connectivity index (χ2n) is 11.5. The van der Waals surface area contributed by atoms with Gasteiger partial charge in [0, 0.05) is 5.56 Å². The molecule has 0 aliphatic heterocycles. The lowest BCUT2D eigenvalue weighted by atomic mass is 9.77. The van der Waals surface area contributed by atoms with Crippen molar-refractivity contribution in [2.75, 3.05) is 13.2 Å². The number of unbranched alkanes of at least 4 members (excludes halogenated alkanes) is 4. The van der Waals surface area contributed by atoms with E-state index in [2.05, 4.69) is 39.0 Å². The fourth-order valence-electron chi connectivity index (χ4n) is 6.39. The van der Waals surface area contributed by atoms with E-state index in [0.717, 1.165) is 48.9 Å². The summed E-state index contributed by atoms with van der Waals surface area (Å²) in [4.78, 5) is 0. The van der Waals surface area contributed by atoms with Crippen molar-refractivity contribution in [3.8, 4) is 11.5 Å². The Kier molecular flexibility index (Phi) is 12.7. The fourth-order valence-corrected chi connectivity index (χ4v) is 6.39. The third-order valence-electron chi connectivity index (χ3n) is 8.59. The molecule has 2 fully saturated rings. The Labute approximate surface area is 211 Å². The van der Waals surface area contributed by atoms with Crippen LogP contribution in [0, 0.1) is 17.8 Å². The smallest absolute Gasteiger partial charge is 0.123 e. The molecular weight excluding hydrogens is 416 g/mol. The van der Waals surface area contributed by atoms with Crippen LogP contribution in [0.25, 0.3) is 0 Å². The summed E-state index contributed by atoms with van der Waals surface area (Å²) in [6.45, 7) is 8.50. The molecule has 0 radical (unpaired) electrons. The summed E-state index contributed by atoms with van der Waals surface area (Å²) in [6.07, 6.45) is 23.2. The molecule has 1 aromatic carbocycles. The van der Waals surface area contributed by atoms with Gasteiger partial charge < -0.3 is 9.47 Å². The summed E-state index contributed by atoms with van der Waals surface area (Å²) in [5.74, 6) is 5.45. The molecule has 0 amide bonds. The molecule has 0 bridgehead atoms. The van der Waals surface area contributed by atoms with Crippen molar-refractivity contribution in [1.82, 2.24) is 0 Å². The Morgan fingerprint density at radius 3 is 2.03 bits per heavy atom. The van der Waals surface area contributed by atoms with Gasteiger partial charge in [0.15, 0.2) is 0 Å². The van der Waals surface area contributed by atoms with Crippen LogP contribution in [0.3, 0.4) is 0 Å². The molecule has 0 aromatic heterocycles. The van der Waals surface area contributed by atoms with E-state index in [-0.39, 0.29) is 0 Å². The normalized spacial score (nSPS) is 25.3. The summed E-state index contributed by atoms with van der Waals surface area (Å²) in [5.41, 5.74) is 1.42. The van der Waals surface area contributed by atoms with Crippen LogP contribution in [0.1, 0.15) is 141 Å². The molecule has 2 aliphatic carbocycles. The Balaban J connectivity index is 1.50. The summed E-state index contributed by atoms with van der Waals surface area (Å²) in [7, 11) is 0. The molecule has 2 aliphatic rings. The van der Waals surface area contributed by atoms with E-state index in [1.54, 1.807) is 0 Å². The fraction of sp³-hybridized carbons (Fsp3) is 0.812. The van der Waals surface area contributed by atoms with E-state index in [9.17, 15) is 0 Å². The average molecular weight is 471 g/mol. The number of hydrogen-bond acceptors (Lipinski definition) is 2. The number of benzene rings is 1. The van der Waals surface area contributed by atoms with Gasteiger partial charge in [-0.3, -0.25) is 0 Å². The first-order valence-corrected chi connectivity index (χ1v) is 15.1. The van der Waals surface area contributed by atoms with Gasteiger partial charge in [-0.25, -0.2) is 0 Å². The summed E-state index contributed by atoms with van der Waals surface area (Å²) < 4.78 is 12.6. The molecule has 0 unspecified atom stereocenters. The lowest BCUT2D eigenvalue weighted by Crippen LogP contribution is -2.21. The van der Waals surface area contributed by atoms with Crippen LogP contribution < -0.4 is 9.47 Å². The molecule has 2 heteroatoms. The largest absolute Gasteiger partial charge is 0.494 e. The molecular formula is C32H54O2. The van der Waals surface area contributed by atoms with E-state index in [4.69, 9.17) is 9.47 Å². The zero-order valence-electron chi connectivity index (χ0n) is 22.8. The second-order valence-corrected chi connectivity index (χ2v) is 11.5. The molecule has 0 atom stereocenters. The molecule has 2 saturated carbocycles. The molecule has 0 N–H and O–H groups in total. The molecule has 1 aromatic rings. The van der Waals surface area contributed by atoms with Gasteiger partial charge >= 0.3 is 0 Å². The van der Waals surface area contributed by atoms with Gasteiger partial charge in [0.2, 0.25) is 0 Å². The van der Waals surface area contributed by atoms with E-state index < -0.39 is 0 Å². The van der Waals surface area contributed by atoms with Crippen molar-refractivity contribution in [2.45, 2.75) is 136 Å². The minimum absolute atomic E-state index is 0.636. The van der Waals surface area contributed by atoms with Crippen LogP contribution >= 0.6 is 0 Å². The standard InChI is InChI=1S/C32H54O2/c1-4-7-8-9-10-12-27-13-15-28(16-14-27)25-34-32-22-21-30(33-23-6-3)24-31(32)29-19-17-26(11-5-2)18-20-29/h21-22,24,26-29H,4-20,23,25H2,1-3H3. The monoisotopic (exact) mass is 470 g/mol. The number of rotatable bonds is 15. The first-order valence-electron chi connectivity index (χ1n) is 15.1. The third kappa shape index (κ3) is 9.12. The summed E-state index contributed by atoms with van der Waals surface area (Å²) in [5, 5.41) is 0. The van der Waals surface area contributed by atoms with Crippen LogP contribution in [0.2, 0.25) is 0 Å². The zero-order chi connectivity index (χ0) is 24.0. The highest BCUT2D eigenvalue weighted by Crippen LogP contribution is 2.42. The molecule has 0 spiro atoms. The first kappa shape index (κ1) is 27.4. The van der Waals surface area contributed by atoms with Gasteiger partial charge in [0.1, 0.15) is 11.5 Å². The second kappa shape index (κ2) is 15.7. The summed E-state index contributed by atoms with van der Waals surface area (Å²) in [6, 6.07) is 6.65. The lowest BCUT2D eigenvalue weighted by molar-refractivity contribution is 0.175. The minimum Gasteiger partial charge on any atom is -0.494 e. The van der Waals surface area contributed by atoms with Crippen molar-refractivity contribution in [2.24, 2.45) is 17.8 Å². The minimum atomic E-state index is 0.636. The first-order chi connectivity index (χ1) is 16.7. The van der Waals surface area contributed by atoms with Crippen molar-refractivity contribution < 1.29 is 9.47 Å². The predicted octanol–water partition coefficient (Wildman–Crippen LogP) is 10.1. The van der Waals surface area contributed by atoms with Crippen LogP contribution in [0.4, 0.5) is 0 Å². The zero-order valence-corrected chi connectivity index (χ0v) is 22.8. The topological polar surface area (TPSA) is 18.5 Å². The van der Waals surface area contributed by atoms with Crippen molar-refractivity contribution in [3.63, 3.8) is 0 Å². The highest BCUT2D eigenvalue weighted by Gasteiger charge is 2.26. The third-order valence-corrected chi connectivity index (χ3v) is 8.59. The Morgan fingerprint density at radius 2 is 1.32 bits per heavy atom. The quantitative estimate of drug-likeness (QED) is 0.237. The van der Waals surface area contributed by atoms with Crippen LogP contribution in [-0.4, -0.2) is 13.2 Å². The average Bonchev–Trinajstić information content (AvgIpc) is 2.88. The molecule has 3 rings (SSSR count). The van der Waals surface area contributed by atoms with Gasteiger partial charge in [0.25, 0.3) is 0 Å². The van der Waals surface area contributed by atoms with Crippen LogP contribution in [0.15, 0.2) is 18.2 Å². The van der Waals surface area contributed by atoms with Crippen molar-refractivity contribution in [1.29, 1.82) is 0 Å². The Morgan fingerprint density at radius 1 is 0.647 bits per heavy atom. The van der Waals surface area contributed by atoms with Gasteiger partial charge in [-0.2, -0.15) is 0 Å². The Hall–Kier alpha value is -1.18. The maximum atomic E-state index is 6.57. The number of ether oxygens (including phenoxy) is 2. The van der Waals surface area contributed by atoms with Gasteiger partial charge in [0.05, 0.1) is 13.2 Å². The predicted molar refractivity (Wildman–Crippen MR) is 146 cm³/mol. The maximum absolute atomic E-state index is 6.57. The van der Waals surface area contributed by atoms with Crippen LogP contribution in [-0.2, 0) is 0 Å². The summed E-state index contributed by atoms with van der Waals surface area (Å²) >= 11 is 0. The molecule has 34 heavy (non-hydrogen) atoms. The van der Waals surface area contributed by atoms with E-state index in [0.29, 0.717) is 5.92 Å². The molecule has 0 heterocycles. The van der Waals surface area contributed by atoms with Gasteiger partial charge in [-0.15, -0.1) is 0 Å². The van der Waals surface area contributed by atoms with E-state index in [1.165, 1.54) is 108 Å². The van der Waals surface area contributed by atoms with Crippen molar-refractivity contribution in [3.05, 3.63) is 23.8 Å². The van der Waals surface area contributed by atoms with Gasteiger partial charge in [-0.1, -0.05) is 85.0 Å². The van der Waals surface area contributed by atoms with E-state index >= 15 is 0 Å². The van der Waals surface area contributed by atoms with Gasteiger partial charge in [-0.05, 0) is 86.8 Å². The van der Waals surface area contributed by atoms with E-state index in [1.807, 2.05) is 0 Å². The van der Waals surface area contributed by atoms with Crippen molar-refractivity contribution >= 4 is 0 Å².